The van der Waals surface area contributed by atoms with Crippen LogP contribution in [0.5, 0.6) is 0 Å². The smallest absolute Gasteiger partial charge is 0.256 e. The van der Waals surface area contributed by atoms with Crippen LogP contribution < -0.4 is 5.32 Å². The van der Waals surface area contributed by atoms with Gasteiger partial charge in [0.15, 0.2) is 0 Å². The van der Waals surface area contributed by atoms with Gasteiger partial charge in [0.05, 0.1) is 5.57 Å². The first kappa shape index (κ1) is 12.2. The summed E-state index contributed by atoms with van der Waals surface area (Å²) in [6, 6.07) is 11.5. The second-order valence-electron chi connectivity index (χ2n) is 3.68. The van der Waals surface area contributed by atoms with E-state index in [4.69, 9.17) is 0 Å². The maximum atomic E-state index is 11.8. The van der Waals surface area contributed by atoms with Crippen molar-refractivity contribution >= 4 is 23.2 Å². The molecule has 18 heavy (non-hydrogen) atoms. The summed E-state index contributed by atoms with van der Waals surface area (Å²) in [5, 5.41) is 2.84. The highest BCUT2D eigenvalue weighted by Crippen LogP contribution is 2.32. The predicted octanol–water partition coefficient (Wildman–Crippen LogP) is 3.53. The summed E-state index contributed by atoms with van der Waals surface area (Å²) in [5.41, 5.74) is 3.48. The van der Waals surface area contributed by atoms with E-state index in [1.165, 1.54) is 0 Å². The third-order valence-corrected chi connectivity index (χ3v) is 2.63. The molecule has 0 saturated heterocycles. The van der Waals surface area contributed by atoms with E-state index in [1.807, 2.05) is 62.5 Å². The third-order valence-electron chi connectivity index (χ3n) is 2.63. The fraction of sp³-hybridized carbons (Fsp3) is 0.133. The summed E-state index contributed by atoms with van der Waals surface area (Å²) in [7, 11) is 0. The zero-order valence-electron chi connectivity index (χ0n) is 10.5. The molecule has 1 amide bonds. The number of anilines is 1. The molecule has 1 aromatic carbocycles. The lowest BCUT2D eigenvalue weighted by atomic mass is 10.1. The Labute approximate surface area is 107 Å². The maximum Gasteiger partial charge on any atom is 0.256 e. The van der Waals surface area contributed by atoms with Crippen LogP contribution in [0, 0.1) is 0 Å². The molecule has 2 N–H and O–H groups in total. The molecule has 3 rings (SSSR count). The molecule has 3 heteroatoms. The second kappa shape index (κ2) is 5.36. The van der Waals surface area contributed by atoms with Crippen LogP contribution in [-0.4, -0.2) is 10.9 Å². The molecule has 0 spiro atoms. The molecule has 1 aromatic heterocycles. The van der Waals surface area contributed by atoms with Crippen LogP contribution >= 0.6 is 0 Å². The highest BCUT2D eigenvalue weighted by Gasteiger charge is 2.23. The minimum atomic E-state index is -0.0456. The Morgan fingerprint density at radius 2 is 1.83 bits per heavy atom. The Kier molecular flexibility index (Phi) is 3.63. The first-order chi connectivity index (χ1) is 8.84. The first-order valence-electron chi connectivity index (χ1n) is 6.10. The molecule has 0 saturated carbocycles. The molecule has 2 aromatic rings. The number of carbonyl (C=O) groups is 1. The quantitative estimate of drug-likeness (QED) is 0.736. The van der Waals surface area contributed by atoms with Crippen LogP contribution in [0.15, 0.2) is 42.6 Å². The summed E-state index contributed by atoms with van der Waals surface area (Å²) in [4.78, 5) is 14.8. The highest BCUT2D eigenvalue weighted by molar-refractivity contribution is 6.34. The summed E-state index contributed by atoms with van der Waals surface area (Å²) >= 11 is 0. The normalized spacial score (nSPS) is 14.8. The van der Waals surface area contributed by atoms with E-state index >= 15 is 0 Å². The lowest BCUT2D eigenvalue weighted by Gasteiger charge is -1.95. The van der Waals surface area contributed by atoms with Gasteiger partial charge in [-0.3, -0.25) is 4.79 Å². The van der Waals surface area contributed by atoms with Crippen LogP contribution in [0.4, 0.5) is 5.69 Å². The fourth-order valence-electron chi connectivity index (χ4n) is 1.87. The van der Waals surface area contributed by atoms with Crippen molar-refractivity contribution in [1.82, 2.24) is 4.98 Å². The van der Waals surface area contributed by atoms with Gasteiger partial charge in [0.25, 0.3) is 5.91 Å². The Morgan fingerprint density at radius 3 is 2.56 bits per heavy atom. The number of aromatic nitrogens is 1. The van der Waals surface area contributed by atoms with Crippen molar-refractivity contribution in [2.75, 3.05) is 5.32 Å². The van der Waals surface area contributed by atoms with Crippen molar-refractivity contribution in [1.29, 1.82) is 0 Å². The topological polar surface area (TPSA) is 44.9 Å². The number of nitrogens with one attached hydrogen (secondary N) is 2. The van der Waals surface area contributed by atoms with Crippen molar-refractivity contribution in [2.45, 2.75) is 13.8 Å². The van der Waals surface area contributed by atoms with Crippen molar-refractivity contribution < 1.29 is 4.79 Å². The van der Waals surface area contributed by atoms with E-state index in [1.54, 1.807) is 0 Å². The summed E-state index contributed by atoms with van der Waals surface area (Å²) in [5.74, 6) is -0.0456. The number of para-hydroxylation sites is 1. The van der Waals surface area contributed by atoms with E-state index in [-0.39, 0.29) is 5.91 Å². The van der Waals surface area contributed by atoms with Gasteiger partial charge in [-0.1, -0.05) is 32.0 Å². The summed E-state index contributed by atoms with van der Waals surface area (Å²) < 4.78 is 0. The molecule has 1 aliphatic heterocycles. The molecule has 0 atom stereocenters. The molecule has 92 valence electrons. The molecule has 0 bridgehead atoms. The molecule has 3 nitrogen and oxygen atoms in total. The molecular formula is C15H16N2O. The standard InChI is InChI=1S/C13H10N2O.C2H6/c16-13-11(8-9-4-3-7-14-9)10-5-1-2-6-12(10)15-13;1-2/h1-8,14H,(H,15,16);1-2H3. The van der Waals surface area contributed by atoms with E-state index in [9.17, 15) is 4.79 Å². The number of fused-ring (bicyclic) bond motifs is 1. The first-order valence-corrected chi connectivity index (χ1v) is 6.10. The number of H-pyrrole nitrogens is 1. The average molecular weight is 240 g/mol. The zero-order chi connectivity index (χ0) is 13.0. The van der Waals surface area contributed by atoms with Gasteiger partial charge in [0.1, 0.15) is 0 Å². The van der Waals surface area contributed by atoms with Crippen molar-refractivity contribution in [3.05, 3.63) is 53.9 Å². The van der Waals surface area contributed by atoms with Crippen LogP contribution in [-0.2, 0) is 4.79 Å². The Bertz CT molecular complexity index is 568. The third kappa shape index (κ3) is 2.20. The monoisotopic (exact) mass is 240 g/mol. The minimum Gasteiger partial charge on any atom is -0.362 e. The highest BCUT2D eigenvalue weighted by atomic mass is 16.2. The number of amides is 1. The van der Waals surface area contributed by atoms with Gasteiger partial charge in [-0.15, -0.1) is 0 Å². The number of hydrogen-bond donors (Lipinski definition) is 2. The summed E-state index contributed by atoms with van der Waals surface area (Å²) in [6.45, 7) is 4.00. The van der Waals surface area contributed by atoms with Crippen molar-refractivity contribution in [3.63, 3.8) is 0 Å². The van der Waals surface area contributed by atoms with E-state index in [0.29, 0.717) is 5.57 Å². The van der Waals surface area contributed by atoms with Gasteiger partial charge in [0, 0.05) is 23.1 Å². The zero-order valence-corrected chi connectivity index (χ0v) is 10.5. The molecule has 0 fully saturated rings. The number of rotatable bonds is 1. The molecule has 0 aliphatic carbocycles. The van der Waals surface area contributed by atoms with Crippen LogP contribution in [0.3, 0.4) is 0 Å². The average Bonchev–Trinajstić information content (AvgIpc) is 3.02. The number of hydrogen-bond acceptors (Lipinski definition) is 1. The van der Waals surface area contributed by atoms with Gasteiger partial charge in [-0.05, 0) is 24.3 Å². The number of aromatic amines is 1. The van der Waals surface area contributed by atoms with Gasteiger partial charge >= 0.3 is 0 Å². The van der Waals surface area contributed by atoms with Crippen LogP contribution in [0.25, 0.3) is 11.6 Å². The van der Waals surface area contributed by atoms with Gasteiger partial charge in [0.2, 0.25) is 0 Å². The largest absolute Gasteiger partial charge is 0.362 e. The number of carbonyl (C=O) groups excluding carboxylic acids is 1. The van der Waals surface area contributed by atoms with Crippen LogP contribution in [0.1, 0.15) is 25.1 Å². The Hall–Kier alpha value is -2.29. The molecular weight excluding hydrogens is 224 g/mol. The van der Waals surface area contributed by atoms with Gasteiger partial charge in [-0.2, -0.15) is 0 Å². The lowest BCUT2D eigenvalue weighted by molar-refractivity contribution is -0.110. The molecule has 0 radical (unpaired) electrons. The van der Waals surface area contributed by atoms with Gasteiger partial charge < -0.3 is 10.3 Å². The maximum absolute atomic E-state index is 11.8. The Balaban J connectivity index is 0.000000574. The van der Waals surface area contributed by atoms with E-state index in [2.05, 4.69) is 10.3 Å². The molecule has 1 aliphatic rings. The van der Waals surface area contributed by atoms with Gasteiger partial charge in [-0.25, -0.2) is 0 Å². The molecule has 2 heterocycles. The number of benzene rings is 1. The molecule has 0 unspecified atom stereocenters. The lowest BCUT2D eigenvalue weighted by Crippen LogP contribution is -2.03. The van der Waals surface area contributed by atoms with E-state index in [0.717, 1.165) is 16.9 Å². The van der Waals surface area contributed by atoms with E-state index < -0.39 is 0 Å². The Morgan fingerprint density at radius 1 is 1.06 bits per heavy atom. The van der Waals surface area contributed by atoms with Crippen LogP contribution in [0.2, 0.25) is 0 Å². The summed E-state index contributed by atoms with van der Waals surface area (Å²) in [6.07, 6.45) is 3.70. The predicted molar refractivity (Wildman–Crippen MR) is 75.1 cm³/mol. The fourth-order valence-corrected chi connectivity index (χ4v) is 1.87. The second-order valence-corrected chi connectivity index (χ2v) is 3.68. The SMILES string of the molecule is CC.O=C1Nc2ccccc2C1=Cc1ccc[nH]1. The van der Waals surface area contributed by atoms with Crippen molar-refractivity contribution in [3.8, 4) is 0 Å². The minimum absolute atomic E-state index is 0.0456. The van der Waals surface area contributed by atoms with Crippen molar-refractivity contribution in [2.24, 2.45) is 0 Å².